The summed E-state index contributed by atoms with van der Waals surface area (Å²) in [6.07, 6.45) is 3.97. The van der Waals surface area contributed by atoms with Gasteiger partial charge in [0.05, 0.1) is 33.5 Å². The van der Waals surface area contributed by atoms with Crippen molar-refractivity contribution in [3.63, 3.8) is 0 Å². The van der Waals surface area contributed by atoms with Crippen molar-refractivity contribution in [3.05, 3.63) is 108 Å². The van der Waals surface area contributed by atoms with Crippen LogP contribution in [0.3, 0.4) is 0 Å². The summed E-state index contributed by atoms with van der Waals surface area (Å²) in [5.41, 5.74) is 4.11. The van der Waals surface area contributed by atoms with Gasteiger partial charge in [0.1, 0.15) is 12.1 Å². The van der Waals surface area contributed by atoms with E-state index in [-0.39, 0.29) is 0 Å². The lowest BCUT2D eigenvalue weighted by Crippen LogP contribution is -2.28. The molecular weight excluding hydrogens is 444 g/mol. The normalized spacial score (nSPS) is 11.0. The lowest BCUT2D eigenvalue weighted by Gasteiger charge is -2.30. The Kier molecular flexibility index (Phi) is 4.88. The number of hydrogen-bond acceptors (Lipinski definition) is 4. The quantitative estimate of drug-likeness (QED) is 0.306. The van der Waals surface area contributed by atoms with Gasteiger partial charge in [0.15, 0.2) is 0 Å². The zero-order chi connectivity index (χ0) is 24.8. The standard InChI is InChI=1S/C30H22N6/c1-33(35-17-15-21-9-3-7-13-27(21)35)29-23-11-5-6-12-24(23)30(26(20-32)25(29)19-31)34(2)36-18-16-22-10-4-8-14-28(22)36/h3-18H,1-2H3. The summed E-state index contributed by atoms with van der Waals surface area (Å²) >= 11 is 0. The molecule has 6 heteroatoms. The topological polar surface area (TPSA) is 63.9 Å². The fraction of sp³-hybridized carbons (Fsp3) is 0.0667. The molecule has 0 saturated heterocycles. The van der Waals surface area contributed by atoms with Crippen LogP contribution < -0.4 is 10.0 Å². The molecule has 6 aromatic rings. The van der Waals surface area contributed by atoms with Crippen molar-refractivity contribution < 1.29 is 0 Å². The van der Waals surface area contributed by atoms with E-state index in [9.17, 15) is 10.5 Å². The molecule has 6 rings (SSSR count). The molecule has 0 fully saturated rings. The van der Waals surface area contributed by atoms with Crippen LogP contribution in [0.4, 0.5) is 11.4 Å². The molecule has 2 aromatic heterocycles. The molecule has 0 atom stereocenters. The highest BCUT2D eigenvalue weighted by Gasteiger charge is 2.25. The molecule has 36 heavy (non-hydrogen) atoms. The summed E-state index contributed by atoms with van der Waals surface area (Å²) in [6, 6.07) is 33.0. The van der Waals surface area contributed by atoms with Crippen LogP contribution in [0.2, 0.25) is 0 Å². The van der Waals surface area contributed by atoms with Gasteiger partial charge in [-0.3, -0.25) is 19.4 Å². The Morgan fingerprint density at radius 3 is 1.36 bits per heavy atom. The third kappa shape index (κ3) is 3.02. The molecule has 0 aliphatic heterocycles. The third-order valence-corrected chi connectivity index (χ3v) is 6.84. The highest BCUT2D eigenvalue weighted by Crippen LogP contribution is 2.41. The molecule has 172 valence electrons. The van der Waals surface area contributed by atoms with E-state index >= 15 is 0 Å². The molecule has 4 aromatic carbocycles. The predicted octanol–water partition coefficient (Wildman–Crippen LogP) is 6.29. The van der Waals surface area contributed by atoms with E-state index in [0.717, 1.165) is 32.6 Å². The van der Waals surface area contributed by atoms with Crippen molar-refractivity contribution in [1.29, 1.82) is 10.5 Å². The van der Waals surface area contributed by atoms with Crippen LogP contribution in [0.1, 0.15) is 11.1 Å². The van der Waals surface area contributed by atoms with Gasteiger partial charge >= 0.3 is 0 Å². The molecule has 0 spiro atoms. The minimum Gasteiger partial charge on any atom is -0.282 e. The maximum Gasteiger partial charge on any atom is 0.103 e. The molecular formula is C30H22N6. The van der Waals surface area contributed by atoms with Crippen LogP contribution in [-0.2, 0) is 0 Å². The summed E-state index contributed by atoms with van der Waals surface area (Å²) in [6.45, 7) is 0. The highest BCUT2D eigenvalue weighted by molar-refractivity contribution is 6.07. The number of para-hydroxylation sites is 2. The molecule has 0 aliphatic carbocycles. The van der Waals surface area contributed by atoms with Crippen molar-refractivity contribution in [2.45, 2.75) is 0 Å². The second kappa shape index (κ2) is 8.23. The summed E-state index contributed by atoms with van der Waals surface area (Å²) in [5, 5.41) is 28.7. The molecule has 0 saturated carbocycles. The van der Waals surface area contributed by atoms with Gasteiger partial charge in [-0.25, -0.2) is 0 Å². The van der Waals surface area contributed by atoms with Crippen LogP contribution in [0.25, 0.3) is 32.6 Å². The maximum atomic E-state index is 10.4. The van der Waals surface area contributed by atoms with Crippen LogP contribution in [0.5, 0.6) is 0 Å². The van der Waals surface area contributed by atoms with Gasteiger partial charge in [0.25, 0.3) is 0 Å². The Morgan fingerprint density at radius 1 is 0.556 bits per heavy atom. The zero-order valence-corrected chi connectivity index (χ0v) is 19.9. The smallest absolute Gasteiger partial charge is 0.103 e. The van der Waals surface area contributed by atoms with E-state index < -0.39 is 0 Å². The molecule has 6 nitrogen and oxygen atoms in total. The Morgan fingerprint density at radius 2 is 0.944 bits per heavy atom. The largest absolute Gasteiger partial charge is 0.282 e. The van der Waals surface area contributed by atoms with Crippen LogP contribution >= 0.6 is 0 Å². The van der Waals surface area contributed by atoms with E-state index in [1.54, 1.807) is 0 Å². The average molecular weight is 467 g/mol. The molecule has 2 heterocycles. The Labute approximate surface area is 208 Å². The van der Waals surface area contributed by atoms with E-state index in [4.69, 9.17) is 0 Å². The highest BCUT2D eigenvalue weighted by atomic mass is 15.5. The molecule has 0 N–H and O–H groups in total. The van der Waals surface area contributed by atoms with E-state index in [2.05, 4.69) is 24.3 Å². The number of hydrogen-bond donors (Lipinski definition) is 0. The molecule has 0 bridgehead atoms. The summed E-state index contributed by atoms with van der Waals surface area (Å²) in [7, 11) is 3.86. The van der Waals surface area contributed by atoms with Crippen molar-refractivity contribution in [2.24, 2.45) is 0 Å². The Balaban J connectivity index is 1.65. The third-order valence-electron chi connectivity index (χ3n) is 6.84. The van der Waals surface area contributed by atoms with Crippen molar-refractivity contribution >= 4 is 44.0 Å². The zero-order valence-electron chi connectivity index (χ0n) is 19.9. The van der Waals surface area contributed by atoms with Gasteiger partial charge < -0.3 is 0 Å². The molecule has 0 amide bonds. The summed E-state index contributed by atoms with van der Waals surface area (Å²) in [4.78, 5) is 0. The Bertz CT molecular complexity index is 1720. The second-order valence-electron chi connectivity index (χ2n) is 8.70. The van der Waals surface area contributed by atoms with Gasteiger partial charge in [-0.05, 0) is 24.3 Å². The number of nitriles is 2. The van der Waals surface area contributed by atoms with Gasteiger partial charge in [-0.1, -0.05) is 60.7 Å². The Hall–Kier alpha value is -5.20. The fourth-order valence-corrected chi connectivity index (χ4v) is 5.17. The minimum absolute atomic E-state index is 0.342. The monoisotopic (exact) mass is 466 g/mol. The lowest BCUT2D eigenvalue weighted by atomic mass is 9.96. The first-order valence-corrected chi connectivity index (χ1v) is 11.6. The first-order valence-electron chi connectivity index (χ1n) is 11.6. The van der Waals surface area contributed by atoms with Gasteiger partial charge in [-0.2, -0.15) is 10.5 Å². The number of fused-ring (bicyclic) bond motifs is 3. The number of anilines is 2. The molecule has 0 aliphatic rings. The first-order chi connectivity index (χ1) is 17.6. The van der Waals surface area contributed by atoms with Crippen molar-refractivity contribution in [1.82, 2.24) is 9.35 Å². The number of aromatic nitrogens is 2. The minimum atomic E-state index is 0.342. The molecule has 0 unspecified atom stereocenters. The van der Waals surface area contributed by atoms with E-state index in [1.807, 2.05) is 119 Å². The second-order valence-corrected chi connectivity index (χ2v) is 8.70. The van der Waals surface area contributed by atoms with Crippen molar-refractivity contribution in [2.75, 3.05) is 24.1 Å². The SMILES string of the molecule is CN(c1c(C#N)c(C#N)c(N(C)n2ccc3ccccc32)c2ccccc12)n1ccc2ccccc21. The van der Waals surface area contributed by atoms with Gasteiger partial charge in [0.2, 0.25) is 0 Å². The first kappa shape index (κ1) is 21.3. The van der Waals surface area contributed by atoms with Gasteiger partial charge in [-0.15, -0.1) is 0 Å². The van der Waals surface area contributed by atoms with Crippen LogP contribution in [0.15, 0.2) is 97.3 Å². The number of benzene rings is 4. The predicted molar refractivity (Wildman–Crippen MR) is 145 cm³/mol. The van der Waals surface area contributed by atoms with Crippen molar-refractivity contribution in [3.8, 4) is 12.1 Å². The summed E-state index contributed by atoms with van der Waals surface area (Å²) in [5.74, 6) is 0. The van der Waals surface area contributed by atoms with Crippen LogP contribution in [0, 0.1) is 22.7 Å². The average Bonchev–Trinajstić information content (AvgIpc) is 3.55. The maximum absolute atomic E-state index is 10.4. The number of nitrogens with zero attached hydrogens (tertiary/aromatic N) is 6. The lowest BCUT2D eigenvalue weighted by molar-refractivity contribution is 0.803. The van der Waals surface area contributed by atoms with Gasteiger partial charge in [0, 0.05) is 48.0 Å². The number of rotatable bonds is 4. The van der Waals surface area contributed by atoms with Crippen LogP contribution in [-0.4, -0.2) is 23.4 Å². The van der Waals surface area contributed by atoms with E-state index in [0.29, 0.717) is 22.5 Å². The van der Waals surface area contributed by atoms with E-state index in [1.165, 1.54) is 0 Å². The molecule has 0 radical (unpaired) electrons. The fourth-order valence-electron chi connectivity index (χ4n) is 5.17. The summed E-state index contributed by atoms with van der Waals surface area (Å²) < 4.78 is 4.03.